The maximum atomic E-state index is 9.88. The average molecular weight is 246 g/mol. The molecule has 18 heavy (non-hydrogen) atoms. The summed E-state index contributed by atoms with van der Waals surface area (Å²) in [6.07, 6.45) is 5.81. The highest BCUT2D eigenvalue weighted by Crippen LogP contribution is 2.49. The van der Waals surface area contributed by atoms with Gasteiger partial charge in [0.05, 0.1) is 0 Å². The number of phenols is 1. The van der Waals surface area contributed by atoms with E-state index in [0.717, 1.165) is 24.2 Å². The molecule has 3 rings (SSSR count). The summed E-state index contributed by atoms with van der Waals surface area (Å²) >= 11 is 0. The van der Waals surface area contributed by atoms with Gasteiger partial charge in [0, 0.05) is 5.56 Å². The van der Waals surface area contributed by atoms with Crippen molar-refractivity contribution in [2.75, 3.05) is 0 Å². The predicted octanol–water partition coefficient (Wildman–Crippen LogP) is 3.94. The zero-order valence-electron chi connectivity index (χ0n) is 11.5. The van der Waals surface area contributed by atoms with Crippen LogP contribution in [-0.4, -0.2) is 10.7 Å². The second kappa shape index (κ2) is 3.66. The van der Waals surface area contributed by atoms with Gasteiger partial charge in [-0.3, -0.25) is 0 Å². The molecule has 1 aromatic carbocycles. The van der Waals surface area contributed by atoms with E-state index in [1.54, 1.807) is 0 Å². The van der Waals surface area contributed by atoms with Crippen molar-refractivity contribution in [1.82, 2.24) is 0 Å². The van der Waals surface area contributed by atoms with Gasteiger partial charge in [0.25, 0.3) is 0 Å². The van der Waals surface area contributed by atoms with Gasteiger partial charge >= 0.3 is 0 Å². The molecule has 1 spiro atoms. The summed E-state index contributed by atoms with van der Waals surface area (Å²) < 4.78 is 6.36. The molecule has 0 bridgehead atoms. The lowest BCUT2D eigenvalue weighted by atomic mass is 9.73. The zero-order chi connectivity index (χ0) is 13.0. The van der Waals surface area contributed by atoms with Crippen molar-refractivity contribution in [3.63, 3.8) is 0 Å². The van der Waals surface area contributed by atoms with Gasteiger partial charge < -0.3 is 9.84 Å². The van der Waals surface area contributed by atoms with E-state index in [1.807, 2.05) is 12.1 Å². The first kappa shape index (κ1) is 11.9. The van der Waals surface area contributed by atoms with E-state index in [2.05, 4.69) is 20.8 Å². The number of ether oxygens (including phenoxy) is 1. The Balaban J connectivity index is 2.08. The van der Waals surface area contributed by atoms with Crippen LogP contribution in [0.2, 0.25) is 0 Å². The fraction of sp³-hybridized carbons (Fsp3) is 0.625. The third kappa shape index (κ3) is 1.79. The summed E-state index contributed by atoms with van der Waals surface area (Å²) in [4.78, 5) is 0. The first-order chi connectivity index (χ1) is 8.40. The summed E-state index contributed by atoms with van der Waals surface area (Å²) in [5.74, 6) is 1.41. The topological polar surface area (TPSA) is 29.5 Å². The first-order valence-corrected chi connectivity index (χ1v) is 6.95. The maximum Gasteiger partial charge on any atom is 0.127 e. The normalized spacial score (nSPS) is 21.1. The van der Waals surface area contributed by atoms with Crippen molar-refractivity contribution in [3.8, 4) is 11.5 Å². The van der Waals surface area contributed by atoms with Crippen LogP contribution in [0.5, 0.6) is 11.5 Å². The largest absolute Gasteiger partial charge is 0.508 e. The molecule has 0 radical (unpaired) electrons. The number of rotatable bonds is 0. The van der Waals surface area contributed by atoms with Gasteiger partial charge in [-0.25, -0.2) is 0 Å². The third-order valence-corrected chi connectivity index (χ3v) is 4.39. The van der Waals surface area contributed by atoms with Gasteiger partial charge in [-0.05, 0) is 55.2 Å². The molecule has 0 atom stereocenters. The number of aromatic hydroxyl groups is 1. The second-order valence-corrected chi connectivity index (χ2v) is 6.87. The highest BCUT2D eigenvalue weighted by Gasteiger charge is 2.43. The van der Waals surface area contributed by atoms with E-state index in [4.69, 9.17) is 4.74 Å². The molecule has 1 saturated carbocycles. The molecule has 98 valence electrons. The first-order valence-electron chi connectivity index (χ1n) is 6.95. The summed E-state index contributed by atoms with van der Waals surface area (Å²) in [5.41, 5.74) is 2.44. The van der Waals surface area contributed by atoms with Crippen molar-refractivity contribution in [2.24, 2.45) is 0 Å². The van der Waals surface area contributed by atoms with E-state index < -0.39 is 0 Å². The van der Waals surface area contributed by atoms with Crippen LogP contribution in [0.1, 0.15) is 57.6 Å². The van der Waals surface area contributed by atoms with Gasteiger partial charge in [-0.2, -0.15) is 0 Å². The minimum absolute atomic E-state index is 0.00506. The molecular formula is C16H22O2. The highest BCUT2D eigenvalue weighted by atomic mass is 16.5. The molecule has 2 nitrogen and oxygen atoms in total. The molecule has 2 aliphatic rings. The SMILES string of the molecule is CC(C)(C)c1cc(O)cc2c1OC1(CCC1)CC2. The zero-order valence-corrected chi connectivity index (χ0v) is 11.5. The molecule has 1 fully saturated rings. The lowest BCUT2D eigenvalue weighted by molar-refractivity contribution is -0.0264. The highest BCUT2D eigenvalue weighted by molar-refractivity contribution is 5.51. The Morgan fingerprint density at radius 1 is 1.17 bits per heavy atom. The molecule has 0 saturated heterocycles. The van der Waals surface area contributed by atoms with Crippen molar-refractivity contribution in [2.45, 2.75) is 63.9 Å². The summed E-state index contributed by atoms with van der Waals surface area (Å²) in [6, 6.07) is 3.74. The standard InChI is InChI=1S/C16H22O2/c1-15(2,3)13-10-12(17)9-11-5-8-16(6-4-7-16)18-14(11)13/h9-10,17H,4-8H2,1-3H3. The van der Waals surface area contributed by atoms with Crippen molar-refractivity contribution >= 4 is 0 Å². The van der Waals surface area contributed by atoms with E-state index >= 15 is 0 Å². The minimum atomic E-state index is 0.00506. The Bertz CT molecular complexity index is 479. The summed E-state index contributed by atoms with van der Waals surface area (Å²) in [5, 5.41) is 9.88. The third-order valence-electron chi connectivity index (χ3n) is 4.39. The number of phenolic OH excluding ortho intramolecular Hbond substituents is 1. The number of hydrogen-bond acceptors (Lipinski definition) is 2. The van der Waals surface area contributed by atoms with Gasteiger partial charge in [0.15, 0.2) is 0 Å². The van der Waals surface area contributed by atoms with E-state index in [0.29, 0.717) is 5.75 Å². The van der Waals surface area contributed by atoms with Crippen molar-refractivity contribution in [3.05, 3.63) is 23.3 Å². The minimum Gasteiger partial charge on any atom is -0.508 e. The molecule has 1 aliphatic carbocycles. The van der Waals surface area contributed by atoms with Crippen LogP contribution in [-0.2, 0) is 11.8 Å². The number of fused-ring (bicyclic) bond motifs is 1. The fourth-order valence-electron chi connectivity index (χ4n) is 3.09. The number of benzene rings is 1. The second-order valence-electron chi connectivity index (χ2n) is 6.87. The number of hydrogen-bond donors (Lipinski definition) is 1. The summed E-state index contributed by atoms with van der Waals surface area (Å²) in [6.45, 7) is 6.52. The van der Waals surface area contributed by atoms with Gasteiger partial charge in [0.2, 0.25) is 0 Å². The Kier molecular flexibility index (Phi) is 2.42. The van der Waals surface area contributed by atoms with Crippen LogP contribution >= 0.6 is 0 Å². The van der Waals surface area contributed by atoms with E-state index in [9.17, 15) is 5.11 Å². The fourth-order valence-corrected chi connectivity index (χ4v) is 3.09. The maximum absolute atomic E-state index is 9.88. The molecule has 1 N–H and O–H groups in total. The van der Waals surface area contributed by atoms with Crippen molar-refractivity contribution < 1.29 is 9.84 Å². The molecule has 0 amide bonds. The van der Waals surface area contributed by atoms with Gasteiger partial charge in [0.1, 0.15) is 17.1 Å². The lowest BCUT2D eigenvalue weighted by Gasteiger charge is -2.46. The summed E-state index contributed by atoms with van der Waals surface area (Å²) in [7, 11) is 0. The Hall–Kier alpha value is -1.18. The molecule has 0 aromatic heterocycles. The molecule has 0 unspecified atom stereocenters. The molecule has 2 heteroatoms. The molecule has 1 aliphatic heterocycles. The Labute approximate surface area is 109 Å². The smallest absolute Gasteiger partial charge is 0.127 e. The van der Waals surface area contributed by atoms with Crippen LogP contribution in [0.3, 0.4) is 0 Å². The number of aryl methyl sites for hydroxylation is 1. The van der Waals surface area contributed by atoms with Crippen LogP contribution in [0.15, 0.2) is 12.1 Å². The molecule has 1 heterocycles. The average Bonchev–Trinajstić information content (AvgIpc) is 2.24. The van der Waals surface area contributed by atoms with Crippen LogP contribution in [0, 0.1) is 0 Å². The Morgan fingerprint density at radius 3 is 2.44 bits per heavy atom. The van der Waals surface area contributed by atoms with Gasteiger partial charge in [-0.15, -0.1) is 0 Å². The van der Waals surface area contributed by atoms with E-state index in [-0.39, 0.29) is 11.0 Å². The monoisotopic (exact) mass is 246 g/mol. The van der Waals surface area contributed by atoms with Crippen molar-refractivity contribution in [1.29, 1.82) is 0 Å². The Morgan fingerprint density at radius 2 is 1.89 bits per heavy atom. The quantitative estimate of drug-likeness (QED) is 0.751. The van der Waals surface area contributed by atoms with Crippen LogP contribution in [0.4, 0.5) is 0 Å². The van der Waals surface area contributed by atoms with Crippen LogP contribution in [0.25, 0.3) is 0 Å². The van der Waals surface area contributed by atoms with E-state index in [1.165, 1.54) is 24.8 Å². The predicted molar refractivity (Wildman–Crippen MR) is 72.3 cm³/mol. The molecule has 1 aromatic rings. The van der Waals surface area contributed by atoms with Gasteiger partial charge in [-0.1, -0.05) is 20.8 Å². The van der Waals surface area contributed by atoms with Crippen LogP contribution < -0.4 is 4.74 Å². The lowest BCUT2D eigenvalue weighted by Crippen LogP contribution is -2.46. The molecular weight excluding hydrogens is 224 g/mol.